The van der Waals surface area contributed by atoms with Crippen molar-refractivity contribution in [2.45, 2.75) is 46.3 Å². The van der Waals surface area contributed by atoms with Gasteiger partial charge < -0.3 is 19.7 Å². The first-order chi connectivity index (χ1) is 14.3. The highest BCUT2D eigenvalue weighted by molar-refractivity contribution is 5.97. The van der Waals surface area contributed by atoms with Crippen molar-refractivity contribution in [1.82, 2.24) is 29.6 Å². The zero-order valence-corrected chi connectivity index (χ0v) is 18.8. The molecule has 0 bridgehead atoms. The molecule has 1 fully saturated rings. The fourth-order valence-electron chi connectivity index (χ4n) is 3.76. The number of fused-ring (bicyclic) bond motifs is 1. The Morgan fingerprint density at radius 3 is 2.47 bits per heavy atom. The Morgan fingerprint density at radius 1 is 1.17 bits per heavy atom. The number of imidazole rings is 1. The van der Waals surface area contributed by atoms with E-state index in [4.69, 9.17) is 4.98 Å². The van der Waals surface area contributed by atoms with Crippen molar-refractivity contribution in [3.05, 3.63) is 29.6 Å². The summed E-state index contributed by atoms with van der Waals surface area (Å²) in [6.07, 6.45) is 0.931. The molecule has 8 nitrogen and oxygen atoms in total. The maximum absolute atomic E-state index is 12.3. The van der Waals surface area contributed by atoms with Crippen LogP contribution in [0.4, 0.5) is 4.79 Å². The van der Waals surface area contributed by atoms with Crippen molar-refractivity contribution in [3.63, 3.8) is 0 Å². The van der Waals surface area contributed by atoms with Crippen LogP contribution in [0.15, 0.2) is 18.2 Å². The van der Waals surface area contributed by atoms with E-state index in [2.05, 4.69) is 28.6 Å². The van der Waals surface area contributed by atoms with Gasteiger partial charge in [0, 0.05) is 58.4 Å². The van der Waals surface area contributed by atoms with Crippen LogP contribution >= 0.6 is 0 Å². The van der Waals surface area contributed by atoms with E-state index < -0.39 is 0 Å². The van der Waals surface area contributed by atoms with Crippen LogP contribution in [0, 0.1) is 0 Å². The molecule has 0 unspecified atom stereocenters. The molecular formula is C22H34N6O2. The highest BCUT2D eigenvalue weighted by Crippen LogP contribution is 2.20. The number of hydrogen-bond acceptors (Lipinski definition) is 4. The lowest BCUT2D eigenvalue weighted by molar-refractivity contribution is 0.0827. The highest BCUT2D eigenvalue weighted by atomic mass is 16.2. The van der Waals surface area contributed by atoms with Gasteiger partial charge >= 0.3 is 6.03 Å². The van der Waals surface area contributed by atoms with Crippen molar-refractivity contribution in [2.24, 2.45) is 0 Å². The molecule has 1 N–H and O–H groups in total. The Bertz CT molecular complexity index is 898. The van der Waals surface area contributed by atoms with Crippen molar-refractivity contribution in [1.29, 1.82) is 0 Å². The summed E-state index contributed by atoms with van der Waals surface area (Å²) in [4.78, 5) is 35.3. The van der Waals surface area contributed by atoms with Gasteiger partial charge in [-0.2, -0.15) is 0 Å². The molecule has 8 heteroatoms. The predicted molar refractivity (Wildman–Crippen MR) is 119 cm³/mol. The van der Waals surface area contributed by atoms with Gasteiger partial charge in [0.15, 0.2) is 0 Å². The van der Waals surface area contributed by atoms with Crippen LogP contribution in [0.5, 0.6) is 0 Å². The van der Waals surface area contributed by atoms with Crippen LogP contribution < -0.4 is 5.32 Å². The Hall–Kier alpha value is -2.61. The Balaban J connectivity index is 1.69. The zero-order valence-electron chi connectivity index (χ0n) is 18.8. The minimum Gasteiger partial charge on any atom is -0.345 e. The molecule has 1 aromatic heterocycles. The van der Waals surface area contributed by atoms with Crippen molar-refractivity contribution >= 4 is 23.0 Å². The molecule has 3 rings (SSSR count). The number of aromatic nitrogens is 2. The van der Waals surface area contributed by atoms with Gasteiger partial charge in [-0.25, -0.2) is 9.78 Å². The zero-order chi connectivity index (χ0) is 21.8. The van der Waals surface area contributed by atoms with Gasteiger partial charge in [0.2, 0.25) is 0 Å². The van der Waals surface area contributed by atoms with Crippen LogP contribution in [-0.2, 0) is 13.1 Å². The summed E-state index contributed by atoms with van der Waals surface area (Å²) in [5.74, 6) is 0.982. The maximum atomic E-state index is 12.3. The molecule has 0 spiro atoms. The molecule has 2 heterocycles. The lowest BCUT2D eigenvalue weighted by Gasteiger charge is -2.35. The molecule has 0 aliphatic carbocycles. The number of nitrogens with one attached hydrogen (secondary N) is 1. The van der Waals surface area contributed by atoms with Gasteiger partial charge in [0.25, 0.3) is 5.91 Å². The third kappa shape index (κ3) is 4.75. The molecule has 1 aliphatic rings. The molecule has 30 heavy (non-hydrogen) atoms. The van der Waals surface area contributed by atoms with Gasteiger partial charge in [-0.15, -0.1) is 0 Å². The van der Waals surface area contributed by atoms with Crippen LogP contribution in [0.25, 0.3) is 11.0 Å². The highest BCUT2D eigenvalue weighted by Gasteiger charge is 2.23. The first-order valence-electron chi connectivity index (χ1n) is 10.8. The molecule has 3 amide bonds. The number of carbonyl (C=O) groups is 2. The lowest BCUT2D eigenvalue weighted by atomic mass is 10.2. The van der Waals surface area contributed by atoms with E-state index in [0.717, 1.165) is 62.5 Å². The van der Waals surface area contributed by atoms with Crippen molar-refractivity contribution in [2.75, 3.05) is 40.3 Å². The van der Waals surface area contributed by atoms with Crippen LogP contribution in [0.2, 0.25) is 0 Å². The molecule has 1 aliphatic heterocycles. The first-order valence-corrected chi connectivity index (χ1v) is 10.8. The molecule has 0 radical (unpaired) electrons. The largest absolute Gasteiger partial charge is 0.345 e. The number of rotatable bonds is 6. The summed E-state index contributed by atoms with van der Waals surface area (Å²) in [5.41, 5.74) is 2.56. The molecule has 1 atom stereocenters. The van der Waals surface area contributed by atoms with Gasteiger partial charge in [-0.3, -0.25) is 9.69 Å². The third-order valence-electron chi connectivity index (χ3n) is 5.80. The summed E-state index contributed by atoms with van der Waals surface area (Å²) in [7, 11) is 3.51. The summed E-state index contributed by atoms with van der Waals surface area (Å²) < 4.78 is 2.21. The number of hydrogen-bond donors (Lipinski definition) is 1. The van der Waals surface area contributed by atoms with Gasteiger partial charge in [0.1, 0.15) is 5.82 Å². The normalized spacial score (nSPS) is 16.0. The number of benzene rings is 1. The monoisotopic (exact) mass is 414 g/mol. The van der Waals surface area contributed by atoms with E-state index in [0.29, 0.717) is 5.56 Å². The second-order valence-electron chi connectivity index (χ2n) is 8.20. The topological polar surface area (TPSA) is 73.7 Å². The van der Waals surface area contributed by atoms with E-state index in [-0.39, 0.29) is 18.0 Å². The number of aryl methyl sites for hydroxylation is 1. The summed E-state index contributed by atoms with van der Waals surface area (Å²) in [6, 6.07) is 5.97. The number of amides is 3. The van der Waals surface area contributed by atoms with E-state index in [1.54, 1.807) is 19.0 Å². The quantitative estimate of drug-likeness (QED) is 0.788. The smallest absolute Gasteiger partial charge is 0.317 e. The van der Waals surface area contributed by atoms with Gasteiger partial charge in [-0.1, -0.05) is 6.92 Å². The maximum Gasteiger partial charge on any atom is 0.317 e. The third-order valence-corrected chi connectivity index (χ3v) is 5.80. The van der Waals surface area contributed by atoms with E-state index in [1.807, 2.05) is 30.0 Å². The van der Waals surface area contributed by atoms with Gasteiger partial charge in [-0.05, 0) is 38.5 Å². The Kier molecular flexibility index (Phi) is 6.97. The Morgan fingerprint density at radius 2 is 1.87 bits per heavy atom. The standard InChI is InChI=1S/C22H34N6O2/c1-6-16(3)23-22(30)27-12-10-26(11-13-27)15-20-24-18-14-17(21(29)25(4)5)8-9-19(18)28(20)7-2/h8-9,14,16H,6-7,10-13,15H2,1-5H3,(H,23,30)/t16-/m1/s1. The summed E-state index contributed by atoms with van der Waals surface area (Å²) in [5, 5.41) is 3.04. The SMILES string of the molecule is CC[C@@H](C)NC(=O)N1CCN(Cc2nc3cc(C(=O)N(C)C)ccc3n2CC)CC1. The second-order valence-corrected chi connectivity index (χ2v) is 8.20. The molecule has 164 valence electrons. The minimum absolute atomic E-state index is 0.0173. The van der Waals surface area contributed by atoms with E-state index in [1.165, 1.54) is 0 Å². The summed E-state index contributed by atoms with van der Waals surface area (Å²) in [6.45, 7) is 10.9. The van der Waals surface area contributed by atoms with E-state index in [9.17, 15) is 9.59 Å². The lowest BCUT2D eigenvalue weighted by Crippen LogP contribution is -2.52. The van der Waals surface area contributed by atoms with Crippen LogP contribution in [0.1, 0.15) is 43.4 Å². The van der Waals surface area contributed by atoms with Crippen LogP contribution in [-0.4, -0.2) is 82.5 Å². The number of carbonyl (C=O) groups excluding carboxylic acids is 2. The molecule has 0 saturated carbocycles. The van der Waals surface area contributed by atoms with Crippen LogP contribution in [0.3, 0.4) is 0 Å². The average molecular weight is 415 g/mol. The van der Waals surface area contributed by atoms with Crippen molar-refractivity contribution in [3.8, 4) is 0 Å². The number of piperazine rings is 1. The minimum atomic E-state index is -0.0173. The second kappa shape index (κ2) is 9.47. The average Bonchev–Trinajstić information content (AvgIpc) is 3.09. The molecule has 1 saturated heterocycles. The first kappa shape index (κ1) is 22.1. The van der Waals surface area contributed by atoms with Gasteiger partial charge in [0.05, 0.1) is 17.6 Å². The molecule has 1 aromatic carbocycles. The summed E-state index contributed by atoms with van der Waals surface area (Å²) >= 11 is 0. The predicted octanol–water partition coefficient (Wildman–Crippen LogP) is 2.38. The fraction of sp³-hybridized carbons (Fsp3) is 0.591. The Labute approximate surface area is 178 Å². The number of urea groups is 1. The fourth-order valence-corrected chi connectivity index (χ4v) is 3.76. The van der Waals surface area contributed by atoms with E-state index >= 15 is 0 Å². The molecular weight excluding hydrogens is 380 g/mol. The molecule has 2 aromatic rings. The van der Waals surface area contributed by atoms with Crippen molar-refractivity contribution < 1.29 is 9.59 Å². The number of nitrogens with zero attached hydrogens (tertiary/aromatic N) is 5.